The average molecular weight is 241 g/mol. The van der Waals surface area contributed by atoms with Crippen molar-refractivity contribution in [3.05, 3.63) is 0 Å². The third-order valence-electron chi connectivity index (χ3n) is 3.31. The molecule has 1 aliphatic carbocycles. The normalized spacial score (nSPS) is 17.1. The summed E-state index contributed by atoms with van der Waals surface area (Å²) in [5, 5.41) is 2.54. The van der Waals surface area contributed by atoms with Crippen LogP contribution in [0.25, 0.3) is 0 Å². The minimum Gasteiger partial charge on any atom is -0.358 e. The maximum atomic E-state index is 12.1. The highest BCUT2D eigenvalue weighted by Crippen LogP contribution is 2.32. The largest absolute Gasteiger partial charge is 0.358 e. The Hall–Kier alpha value is -1.10. The highest BCUT2D eigenvalue weighted by atomic mass is 16.2. The number of likely N-dealkylation sites (N-methyl/N-ethyl adjacent to an activating group) is 1. The van der Waals surface area contributed by atoms with Crippen molar-refractivity contribution in [2.24, 2.45) is 5.73 Å². The molecule has 0 aromatic rings. The first-order valence-electron chi connectivity index (χ1n) is 6.28. The highest BCUT2D eigenvalue weighted by molar-refractivity contribution is 5.85. The molecular formula is C12H23N3O2. The first-order valence-corrected chi connectivity index (χ1v) is 6.28. The number of nitrogens with one attached hydrogen (secondary N) is 1. The van der Waals surface area contributed by atoms with Crippen LogP contribution in [0.2, 0.25) is 0 Å². The van der Waals surface area contributed by atoms with E-state index in [-0.39, 0.29) is 23.9 Å². The van der Waals surface area contributed by atoms with Gasteiger partial charge in [0.05, 0.1) is 6.54 Å². The molecule has 1 saturated carbocycles. The Morgan fingerprint density at radius 2 is 2.06 bits per heavy atom. The van der Waals surface area contributed by atoms with Crippen molar-refractivity contribution in [1.82, 2.24) is 10.2 Å². The SMILES string of the molecule is CCCN(CC(=O)NC)C(=O)CC1(N)CCC1. The minimum atomic E-state index is -0.314. The van der Waals surface area contributed by atoms with Crippen LogP contribution in [-0.2, 0) is 9.59 Å². The van der Waals surface area contributed by atoms with E-state index in [2.05, 4.69) is 5.32 Å². The van der Waals surface area contributed by atoms with Gasteiger partial charge in [-0.25, -0.2) is 0 Å². The predicted molar refractivity (Wildman–Crippen MR) is 66.3 cm³/mol. The van der Waals surface area contributed by atoms with Crippen LogP contribution in [0, 0.1) is 0 Å². The highest BCUT2D eigenvalue weighted by Gasteiger charge is 2.36. The van der Waals surface area contributed by atoms with Crippen molar-refractivity contribution >= 4 is 11.8 Å². The molecule has 0 aromatic heterocycles. The van der Waals surface area contributed by atoms with Crippen molar-refractivity contribution in [1.29, 1.82) is 0 Å². The van der Waals surface area contributed by atoms with Gasteiger partial charge in [-0.1, -0.05) is 6.92 Å². The molecule has 17 heavy (non-hydrogen) atoms. The van der Waals surface area contributed by atoms with Crippen molar-refractivity contribution in [3.8, 4) is 0 Å². The predicted octanol–water partition coefficient (Wildman–Crippen LogP) is 0.243. The number of rotatable bonds is 6. The zero-order valence-corrected chi connectivity index (χ0v) is 10.8. The molecule has 2 amide bonds. The van der Waals surface area contributed by atoms with Gasteiger partial charge in [-0.2, -0.15) is 0 Å². The topological polar surface area (TPSA) is 75.4 Å². The molecule has 1 fully saturated rings. The lowest BCUT2D eigenvalue weighted by molar-refractivity contribution is -0.137. The summed E-state index contributed by atoms with van der Waals surface area (Å²) in [6.07, 6.45) is 4.15. The van der Waals surface area contributed by atoms with E-state index in [1.807, 2.05) is 6.92 Å². The van der Waals surface area contributed by atoms with Crippen LogP contribution >= 0.6 is 0 Å². The lowest BCUT2D eigenvalue weighted by atomic mass is 9.75. The van der Waals surface area contributed by atoms with Crippen LogP contribution in [0.15, 0.2) is 0 Å². The standard InChI is InChI=1S/C12H23N3O2/c1-3-7-15(9-10(16)14-2)11(17)8-12(13)5-4-6-12/h3-9,13H2,1-2H3,(H,14,16). The zero-order valence-electron chi connectivity index (χ0n) is 10.8. The smallest absolute Gasteiger partial charge is 0.239 e. The summed E-state index contributed by atoms with van der Waals surface area (Å²) in [6.45, 7) is 2.74. The molecule has 0 heterocycles. The third kappa shape index (κ3) is 4.00. The fourth-order valence-corrected chi connectivity index (χ4v) is 2.03. The summed E-state index contributed by atoms with van der Waals surface area (Å²) in [6, 6.07) is 0. The average Bonchev–Trinajstić information content (AvgIpc) is 2.26. The van der Waals surface area contributed by atoms with Crippen LogP contribution < -0.4 is 11.1 Å². The second-order valence-corrected chi connectivity index (χ2v) is 4.88. The monoisotopic (exact) mass is 241 g/mol. The molecule has 0 saturated heterocycles. The number of hydrogen-bond donors (Lipinski definition) is 2. The fraction of sp³-hybridized carbons (Fsp3) is 0.833. The maximum absolute atomic E-state index is 12.1. The maximum Gasteiger partial charge on any atom is 0.239 e. The van der Waals surface area contributed by atoms with Gasteiger partial charge in [0.15, 0.2) is 0 Å². The Kier molecular flexibility index (Phi) is 4.93. The van der Waals surface area contributed by atoms with Gasteiger partial charge in [-0.15, -0.1) is 0 Å². The minimum absolute atomic E-state index is 0.00218. The molecule has 0 radical (unpaired) electrons. The molecular weight excluding hydrogens is 218 g/mol. The molecule has 3 N–H and O–H groups in total. The summed E-state index contributed by atoms with van der Waals surface area (Å²) in [5.41, 5.74) is 5.74. The summed E-state index contributed by atoms with van der Waals surface area (Å²) in [7, 11) is 1.58. The van der Waals surface area contributed by atoms with Gasteiger partial charge in [-0.3, -0.25) is 9.59 Å². The fourth-order valence-electron chi connectivity index (χ4n) is 2.03. The Morgan fingerprint density at radius 3 is 2.47 bits per heavy atom. The van der Waals surface area contributed by atoms with Gasteiger partial charge in [0.1, 0.15) is 0 Å². The van der Waals surface area contributed by atoms with E-state index in [9.17, 15) is 9.59 Å². The molecule has 0 atom stereocenters. The quantitative estimate of drug-likeness (QED) is 0.699. The number of carbonyl (C=O) groups is 2. The van der Waals surface area contributed by atoms with E-state index >= 15 is 0 Å². The third-order valence-corrected chi connectivity index (χ3v) is 3.31. The van der Waals surface area contributed by atoms with Crippen LogP contribution in [0.3, 0.4) is 0 Å². The molecule has 0 bridgehead atoms. The van der Waals surface area contributed by atoms with Gasteiger partial charge in [0.2, 0.25) is 11.8 Å². The first-order chi connectivity index (χ1) is 8.00. The molecule has 1 aliphatic rings. The number of carbonyl (C=O) groups excluding carboxylic acids is 2. The molecule has 0 unspecified atom stereocenters. The summed E-state index contributed by atoms with van der Waals surface area (Å²) >= 11 is 0. The molecule has 5 nitrogen and oxygen atoms in total. The van der Waals surface area contributed by atoms with E-state index < -0.39 is 0 Å². The van der Waals surface area contributed by atoms with Crippen LogP contribution in [-0.4, -0.2) is 42.4 Å². The lowest BCUT2D eigenvalue weighted by Crippen LogP contribution is -2.51. The van der Waals surface area contributed by atoms with Crippen molar-refractivity contribution in [3.63, 3.8) is 0 Å². The van der Waals surface area contributed by atoms with Crippen LogP contribution in [0.1, 0.15) is 39.0 Å². The molecule has 5 heteroatoms. The van der Waals surface area contributed by atoms with Gasteiger partial charge >= 0.3 is 0 Å². The van der Waals surface area contributed by atoms with E-state index in [0.717, 1.165) is 25.7 Å². The van der Waals surface area contributed by atoms with E-state index in [0.29, 0.717) is 13.0 Å². The second kappa shape index (κ2) is 6.00. The molecule has 98 valence electrons. The van der Waals surface area contributed by atoms with Gasteiger partial charge in [-0.05, 0) is 25.7 Å². The summed E-state index contributed by atoms with van der Waals surface area (Å²) in [4.78, 5) is 25.0. The molecule has 1 rings (SSSR count). The summed E-state index contributed by atoms with van der Waals surface area (Å²) in [5.74, 6) is -0.135. The lowest BCUT2D eigenvalue weighted by Gasteiger charge is -2.38. The Labute approximate surface area is 103 Å². The number of hydrogen-bond acceptors (Lipinski definition) is 3. The number of nitrogens with zero attached hydrogens (tertiary/aromatic N) is 1. The number of amides is 2. The van der Waals surface area contributed by atoms with Gasteiger partial charge in [0, 0.05) is 25.6 Å². The molecule has 0 aliphatic heterocycles. The van der Waals surface area contributed by atoms with E-state index in [1.165, 1.54) is 0 Å². The van der Waals surface area contributed by atoms with Gasteiger partial charge in [0.25, 0.3) is 0 Å². The molecule has 0 aromatic carbocycles. The van der Waals surface area contributed by atoms with Gasteiger partial charge < -0.3 is 16.0 Å². The molecule has 0 spiro atoms. The first kappa shape index (κ1) is 14.0. The van der Waals surface area contributed by atoms with E-state index in [4.69, 9.17) is 5.73 Å². The zero-order chi connectivity index (χ0) is 12.9. The van der Waals surface area contributed by atoms with E-state index in [1.54, 1.807) is 11.9 Å². The second-order valence-electron chi connectivity index (χ2n) is 4.88. The van der Waals surface area contributed by atoms with Crippen LogP contribution in [0.5, 0.6) is 0 Å². The van der Waals surface area contributed by atoms with Crippen molar-refractivity contribution in [2.45, 2.75) is 44.6 Å². The number of nitrogens with two attached hydrogens (primary N) is 1. The van der Waals surface area contributed by atoms with Crippen LogP contribution in [0.4, 0.5) is 0 Å². The Bertz CT molecular complexity index is 287. The Balaban J connectivity index is 2.50. The van der Waals surface area contributed by atoms with Crippen molar-refractivity contribution in [2.75, 3.05) is 20.1 Å². The van der Waals surface area contributed by atoms with Crippen molar-refractivity contribution < 1.29 is 9.59 Å². The summed E-state index contributed by atoms with van der Waals surface area (Å²) < 4.78 is 0. The Morgan fingerprint density at radius 1 is 1.41 bits per heavy atom.